The van der Waals surface area contributed by atoms with Crippen molar-refractivity contribution >= 4 is 17.5 Å². The highest BCUT2D eigenvalue weighted by Crippen LogP contribution is 2.38. The van der Waals surface area contributed by atoms with Gasteiger partial charge in [-0.3, -0.25) is 4.79 Å². The average molecular weight is 263 g/mol. The van der Waals surface area contributed by atoms with E-state index >= 15 is 0 Å². The Kier molecular flexibility index (Phi) is 4.19. The van der Waals surface area contributed by atoms with E-state index in [0.29, 0.717) is 11.7 Å². The van der Waals surface area contributed by atoms with Gasteiger partial charge in [0.05, 0.1) is 6.54 Å². The molecular weight excluding hydrogens is 242 g/mol. The van der Waals surface area contributed by atoms with Crippen molar-refractivity contribution in [2.75, 3.05) is 24.2 Å². The Hall–Kier alpha value is -1.85. The molecule has 1 aromatic heterocycles. The van der Waals surface area contributed by atoms with Gasteiger partial charge >= 0.3 is 0 Å². The van der Waals surface area contributed by atoms with Crippen LogP contribution in [0, 0.1) is 0 Å². The van der Waals surface area contributed by atoms with Crippen LogP contribution >= 0.6 is 0 Å². The minimum absolute atomic E-state index is 0.0346. The van der Waals surface area contributed by atoms with Gasteiger partial charge in [0.2, 0.25) is 5.91 Å². The maximum Gasteiger partial charge on any atom is 0.239 e. The molecule has 6 nitrogen and oxygen atoms in total. The van der Waals surface area contributed by atoms with Crippen LogP contribution in [0.2, 0.25) is 0 Å². The SMILES string of the molecule is CNc1cc(NCC(=O)NC(C)C)nc(C2CC2)n1. The third-order valence-electron chi connectivity index (χ3n) is 2.82. The maximum atomic E-state index is 11.6. The van der Waals surface area contributed by atoms with E-state index in [1.54, 1.807) is 0 Å². The van der Waals surface area contributed by atoms with Crippen molar-refractivity contribution in [1.29, 1.82) is 0 Å². The summed E-state index contributed by atoms with van der Waals surface area (Å²) >= 11 is 0. The van der Waals surface area contributed by atoms with Crippen molar-refractivity contribution in [3.8, 4) is 0 Å². The Labute approximate surface area is 113 Å². The number of aromatic nitrogens is 2. The van der Waals surface area contributed by atoms with Gasteiger partial charge in [0, 0.05) is 25.1 Å². The van der Waals surface area contributed by atoms with Gasteiger partial charge in [-0.15, -0.1) is 0 Å². The lowest BCUT2D eigenvalue weighted by molar-refractivity contribution is -0.119. The lowest BCUT2D eigenvalue weighted by Gasteiger charge is -2.11. The summed E-state index contributed by atoms with van der Waals surface area (Å²) in [4.78, 5) is 20.5. The van der Waals surface area contributed by atoms with Crippen molar-refractivity contribution < 1.29 is 4.79 Å². The monoisotopic (exact) mass is 263 g/mol. The molecule has 0 unspecified atom stereocenters. The Balaban J connectivity index is 1.99. The summed E-state index contributed by atoms with van der Waals surface area (Å²) in [7, 11) is 1.83. The molecule has 0 bridgehead atoms. The van der Waals surface area contributed by atoms with Gasteiger partial charge in [0.1, 0.15) is 17.5 Å². The molecule has 3 N–H and O–H groups in total. The lowest BCUT2D eigenvalue weighted by atomic mass is 10.3. The lowest BCUT2D eigenvalue weighted by Crippen LogP contribution is -2.35. The average Bonchev–Trinajstić information content (AvgIpc) is 3.19. The maximum absolute atomic E-state index is 11.6. The van der Waals surface area contributed by atoms with Gasteiger partial charge in [0.15, 0.2) is 0 Å². The molecular formula is C13H21N5O. The van der Waals surface area contributed by atoms with Crippen LogP contribution in [0.3, 0.4) is 0 Å². The Morgan fingerprint density at radius 3 is 2.63 bits per heavy atom. The number of carbonyl (C=O) groups excluding carboxylic acids is 1. The number of rotatable bonds is 6. The van der Waals surface area contributed by atoms with E-state index < -0.39 is 0 Å². The molecule has 1 aliphatic carbocycles. The van der Waals surface area contributed by atoms with E-state index in [9.17, 15) is 4.79 Å². The van der Waals surface area contributed by atoms with Crippen molar-refractivity contribution in [3.63, 3.8) is 0 Å². The number of hydrogen-bond acceptors (Lipinski definition) is 5. The smallest absolute Gasteiger partial charge is 0.239 e. The minimum atomic E-state index is -0.0346. The molecule has 0 radical (unpaired) electrons. The summed E-state index contributed by atoms with van der Waals surface area (Å²) in [6.07, 6.45) is 2.31. The quantitative estimate of drug-likeness (QED) is 0.721. The molecule has 1 aromatic rings. The molecule has 2 rings (SSSR count). The van der Waals surface area contributed by atoms with Crippen molar-refractivity contribution in [1.82, 2.24) is 15.3 Å². The molecule has 1 aliphatic rings. The second-order valence-electron chi connectivity index (χ2n) is 5.10. The number of carbonyl (C=O) groups is 1. The number of anilines is 2. The normalized spacial score (nSPS) is 14.3. The second-order valence-corrected chi connectivity index (χ2v) is 5.10. The van der Waals surface area contributed by atoms with E-state index in [-0.39, 0.29) is 18.5 Å². The summed E-state index contributed by atoms with van der Waals surface area (Å²) in [5.41, 5.74) is 0. The van der Waals surface area contributed by atoms with Crippen molar-refractivity contribution in [3.05, 3.63) is 11.9 Å². The summed E-state index contributed by atoms with van der Waals surface area (Å²) in [5, 5.41) is 8.89. The first kappa shape index (κ1) is 13.6. The van der Waals surface area contributed by atoms with E-state index in [4.69, 9.17) is 0 Å². The highest BCUT2D eigenvalue weighted by atomic mass is 16.1. The molecule has 0 saturated heterocycles. The summed E-state index contributed by atoms with van der Waals surface area (Å²) < 4.78 is 0. The predicted molar refractivity (Wildman–Crippen MR) is 75.3 cm³/mol. The van der Waals surface area contributed by atoms with Crippen LogP contribution in [0.4, 0.5) is 11.6 Å². The van der Waals surface area contributed by atoms with Gasteiger partial charge in [-0.05, 0) is 26.7 Å². The second kappa shape index (κ2) is 5.86. The molecule has 6 heteroatoms. The predicted octanol–water partition coefficient (Wildman–Crippen LogP) is 1.33. The first-order valence-corrected chi connectivity index (χ1v) is 6.68. The van der Waals surface area contributed by atoms with Crippen LogP contribution in [0.15, 0.2) is 6.07 Å². The van der Waals surface area contributed by atoms with Gasteiger partial charge in [-0.25, -0.2) is 9.97 Å². The fourth-order valence-corrected chi connectivity index (χ4v) is 1.75. The van der Waals surface area contributed by atoms with Crippen LogP contribution in [0.5, 0.6) is 0 Å². The number of nitrogens with one attached hydrogen (secondary N) is 3. The van der Waals surface area contributed by atoms with Gasteiger partial charge < -0.3 is 16.0 Å². The molecule has 1 amide bonds. The van der Waals surface area contributed by atoms with E-state index in [1.807, 2.05) is 27.0 Å². The molecule has 0 aromatic carbocycles. The van der Waals surface area contributed by atoms with Gasteiger partial charge in [-0.1, -0.05) is 0 Å². The molecule has 0 atom stereocenters. The highest BCUT2D eigenvalue weighted by Gasteiger charge is 2.27. The molecule has 104 valence electrons. The van der Waals surface area contributed by atoms with E-state index in [0.717, 1.165) is 24.5 Å². The summed E-state index contributed by atoms with van der Waals surface area (Å²) in [6.45, 7) is 4.10. The standard InChI is InChI=1S/C13H21N5O/c1-8(2)16-12(19)7-15-11-6-10(14-3)17-13(18-11)9-4-5-9/h6,8-9H,4-5,7H2,1-3H3,(H,16,19)(H2,14,15,17,18). The molecule has 0 aliphatic heterocycles. The first-order valence-electron chi connectivity index (χ1n) is 6.68. The Bertz CT molecular complexity index is 456. The zero-order valence-corrected chi connectivity index (χ0v) is 11.7. The largest absolute Gasteiger partial charge is 0.373 e. The first-order chi connectivity index (χ1) is 9.08. The Morgan fingerprint density at radius 1 is 1.37 bits per heavy atom. The van der Waals surface area contributed by atoms with Gasteiger partial charge in [-0.2, -0.15) is 0 Å². The summed E-state index contributed by atoms with van der Waals surface area (Å²) in [6, 6.07) is 1.96. The molecule has 1 saturated carbocycles. The molecule has 19 heavy (non-hydrogen) atoms. The van der Waals surface area contributed by atoms with Crippen LogP contribution in [0.1, 0.15) is 38.4 Å². The highest BCUT2D eigenvalue weighted by molar-refractivity contribution is 5.80. The fraction of sp³-hybridized carbons (Fsp3) is 0.615. The van der Waals surface area contributed by atoms with Crippen LogP contribution in [-0.2, 0) is 4.79 Å². The number of nitrogens with zero attached hydrogens (tertiary/aromatic N) is 2. The fourth-order valence-electron chi connectivity index (χ4n) is 1.75. The van der Waals surface area contributed by atoms with Gasteiger partial charge in [0.25, 0.3) is 0 Å². The topological polar surface area (TPSA) is 78.9 Å². The van der Waals surface area contributed by atoms with Crippen LogP contribution in [0.25, 0.3) is 0 Å². The van der Waals surface area contributed by atoms with Crippen LogP contribution in [-0.4, -0.2) is 35.5 Å². The van der Waals surface area contributed by atoms with Crippen molar-refractivity contribution in [2.24, 2.45) is 0 Å². The van der Waals surface area contributed by atoms with E-state index in [2.05, 4.69) is 25.9 Å². The van der Waals surface area contributed by atoms with Crippen molar-refractivity contribution in [2.45, 2.75) is 38.6 Å². The number of hydrogen-bond donors (Lipinski definition) is 3. The number of amides is 1. The molecule has 1 fully saturated rings. The van der Waals surface area contributed by atoms with E-state index in [1.165, 1.54) is 0 Å². The third-order valence-corrected chi connectivity index (χ3v) is 2.82. The Morgan fingerprint density at radius 2 is 2.05 bits per heavy atom. The zero-order chi connectivity index (χ0) is 13.8. The summed E-state index contributed by atoms with van der Waals surface area (Å²) in [5.74, 6) is 2.79. The van der Waals surface area contributed by atoms with Crippen LogP contribution < -0.4 is 16.0 Å². The third kappa shape index (κ3) is 4.08. The zero-order valence-electron chi connectivity index (χ0n) is 11.7. The molecule has 1 heterocycles. The minimum Gasteiger partial charge on any atom is -0.373 e. The molecule has 0 spiro atoms.